The number of carbonyl (C=O) groups excluding carboxylic acids is 1. The van der Waals surface area contributed by atoms with Crippen molar-refractivity contribution in [1.29, 1.82) is 0 Å². The summed E-state index contributed by atoms with van der Waals surface area (Å²) in [6.45, 7) is 3.22. The molecule has 1 aromatic rings. The van der Waals surface area contributed by atoms with Crippen molar-refractivity contribution in [2.75, 3.05) is 0 Å². The lowest BCUT2D eigenvalue weighted by Crippen LogP contribution is -2.30. The van der Waals surface area contributed by atoms with Crippen molar-refractivity contribution in [1.82, 2.24) is 9.78 Å². The van der Waals surface area contributed by atoms with E-state index in [9.17, 15) is 4.79 Å². The molecule has 3 heteroatoms. The highest BCUT2D eigenvalue weighted by molar-refractivity contribution is 5.73. The average molecular weight is 178 g/mol. The first-order valence-corrected chi connectivity index (χ1v) is 4.70. The molecular formula is C10H14N2O. The molecule has 1 aliphatic rings. The standard InChI is InChI=1S/C10H14N2O/c1-10(3-2-4-10)8-12-6-9(7-13)5-11-12/h5-7H,2-4,8H2,1H3. The summed E-state index contributed by atoms with van der Waals surface area (Å²) in [5.41, 5.74) is 1.09. The Kier molecular flexibility index (Phi) is 1.94. The van der Waals surface area contributed by atoms with Gasteiger partial charge in [-0.3, -0.25) is 9.48 Å². The molecule has 0 atom stereocenters. The molecule has 0 unspecified atom stereocenters. The maximum absolute atomic E-state index is 10.4. The lowest BCUT2D eigenvalue weighted by molar-refractivity contribution is 0.112. The van der Waals surface area contributed by atoms with Gasteiger partial charge in [0.05, 0.1) is 11.8 Å². The van der Waals surface area contributed by atoms with Crippen molar-refractivity contribution in [2.24, 2.45) is 5.41 Å². The normalized spacial score (nSPS) is 19.5. The summed E-state index contributed by atoms with van der Waals surface area (Å²) in [6, 6.07) is 0. The van der Waals surface area contributed by atoms with Gasteiger partial charge in [-0.25, -0.2) is 0 Å². The van der Waals surface area contributed by atoms with Gasteiger partial charge in [0.15, 0.2) is 6.29 Å². The van der Waals surface area contributed by atoms with E-state index < -0.39 is 0 Å². The zero-order valence-electron chi connectivity index (χ0n) is 7.86. The Morgan fingerprint density at radius 3 is 2.92 bits per heavy atom. The number of aldehydes is 1. The van der Waals surface area contributed by atoms with Crippen molar-refractivity contribution >= 4 is 6.29 Å². The second kappa shape index (κ2) is 2.98. The van der Waals surface area contributed by atoms with Gasteiger partial charge in [0, 0.05) is 12.7 Å². The fourth-order valence-corrected chi connectivity index (χ4v) is 1.86. The van der Waals surface area contributed by atoms with E-state index in [1.54, 1.807) is 6.20 Å². The number of hydrogen-bond acceptors (Lipinski definition) is 2. The molecule has 13 heavy (non-hydrogen) atoms. The van der Waals surface area contributed by atoms with Crippen molar-refractivity contribution in [3.8, 4) is 0 Å². The number of aromatic nitrogens is 2. The monoisotopic (exact) mass is 178 g/mol. The van der Waals surface area contributed by atoms with Crippen LogP contribution in [0.15, 0.2) is 12.4 Å². The molecule has 0 aliphatic heterocycles. The van der Waals surface area contributed by atoms with Gasteiger partial charge in [-0.15, -0.1) is 0 Å². The highest BCUT2D eigenvalue weighted by atomic mass is 16.1. The molecule has 0 spiro atoms. The van der Waals surface area contributed by atoms with E-state index in [-0.39, 0.29) is 0 Å². The summed E-state index contributed by atoms with van der Waals surface area (Å²) in [6.07, 6.45) is 8.17. The molecule has 0 amide bonds. The van der Waals surface area contributed by atoms with Crippen LogP contribution in [-0.4, -0.2) is 16.1 Å². The predicted octanol–water partition coefficient (Wildman–Crippen LogP) is 1.89. The van der Waals surface area contributed by atoms with E-state index in [0.717, 1.165) is 12.8 Å². The van der Waals surface area contributed by atoms with Crippen molar-refractivity contribution in [3.63, 3.8) is 0 Å². The molecule has 1 heterocycles. The Hall–Kier alpha value is -1.12. The van der Waals surface area contributed by atoms with Crippen molar-refractivity contribution in [3.05, 3.63) is 18.0 Å². The largest absolute Gasteiger partial charge is 0.298 e. The Balaban J connectivity index is 2.04. The van der Waals surface area contributed by atoms with Crippen LogP contribution in [0.25, 0.3) is 0 Å². The predicted molar refractivity (Wildman–Crippen MR) is 49.6 cm³/mol. The van der Waals surface area contributed by atoms with E-state index >= 15 is 0 Å². The first-order valence-electron chi connectivity index (χ1n) is 4.70. The fraction of sp³-hybridized carbons (Fsp3) is 0.600. The third-order valence-corrected chi connectivity index (χ3v) is 2.89. The zero-order chi connectivity index (χ0) is 9.31. The molecule has 0 saturated heterocycles. The quantitative estimate of drug-likeness (QED) is 0.662. The van der Waals surface area contributed by atoms with Crippen LogP contribution in [0.5, 0.6) is 0 Å². The van der Waals surface area contributed by atoms with Crippen LogP contribution in [-0.2, 0) is 6.54 Å². The van der Waals surface area contributed by atoms with Crippen molar-refractivity contribution in [2.45, 2.75) is 32.7 Å². The summed E-state index contributed by atoms with van der Waals surface area (Å²) in [4.78, 5) is 10.4. The smallest absolute Gasteiger partial charge is 0.153 e. The Morgan fingerprint density at radius 2 is 2.46 bits per heavy atom. The van der Waals surface area contributed by atoms with Gasteiger partial charge in [-0.2, -0.15) is 5.10 Å². The van der Waals surface area contributed by atoms with Gasteiger partial charge >= 0.3 is 0 Å². The summed E-state index contributed by atoms with van der Waals surface area (Å²) < 4.78 is 1.88. The topological polar surface area (TPSA) is 34.9 Å². The summed E-state index contributed by atoms with van der Waals surface area (Å²) in [5.74, 6) is 0. The summed E-state index contributed by atoms with van der Waals surface area (Å²) in [7, 11) is 0. The van der Waals surface area contributed by atoms with E-state index in [1.807, 2.05) is 10.9 Å². The van der Waals surface area contributed by atoms with Crippen LogP contribution < -0.4 is 0 Å². The molecule has 0 bridgehead atoms. The van der Waals surface area contributed by atoms with Gasteiger partial charge < -0.3 is 0 Å². The van der Waals surface area contributed by atoms with E-state index in [0.29, 0.717) is 11.0 Å². The highest BCUT2D eigenvalue weighted by Crippen LogP contribution is 2.41. The van der Waals surface area contributed by atoms with Gasteiger partial charge in [0.2, 0.25) is 0 Å². The van der Waals surface area contributed by atoms with Gasteiger partial charge in [0.1, 0.15) is 0 Å². The first-order chi connectivity index (χ1) is 6.22. The van der Waals surface area contributed by atoms with E-state index in [4.69, 9.17) is 0 Å². The summed E-state index contributed by atoms with van der Waals surface area (Å²) in [5, 5.41) is 4.14. The van der Waals surface area contributed by atoms with Gasteiger partial charge in [-0.1, -0.05) is 13.3 Å². The number of hydrogen-bond donors (Lipinski definition) is 0. The molecule has 1 saturated carbocycles. The molecular weight excluding hydrogens is 164 g/mol. The SMILES string of the molecule is CC1(Cn2cc(C=O)cn2)CCC1. The minimum Gasteiger partial charge on any atom is -0.298 e. The number of carbonyl (C=O) groups is 1. The van der Waals surface area contributed by atoms with Gasteiger partial charge in [0.25, 0.3) is 0 Å². The molecule has 1 aliphatic carbocycles. The van der Waals surface area contributed by atoms with Crippen molar-refractivity contribution < 1.29 is 4.79 Å². The Labute approximate surface area is 77.7 Å². The lowest BCUT2D eigenvalue weighted by atomic mass is 9.70. The average Bonchev–Trinajstić information content (AvgIpc) is 2.49. The minimum absolute atomic E-state index is 0.423. The van der Waals surface area contributed by atoms with Gasteiger partial charge in [-0.05, 0) is 18.3 Å². The molecule has 70 valence electrons. The highest BCUT2D eigenvalue weighted by Gasteiger charge is 2.32. The fourth-order valence-electron chi connectivity index (χ4n) is 1.86. The Morgan fingerprint density at radius 1 is 1.69 bits per heavy atom. The van der Waals surface area contributed by atoms with Crippen LogP contribution in [0.2, 0.25) is 0 Å². The molecule has 0 N–H and O–H groups in total. The summed E-state index contributed by atoms with van der Waals surface area (Å²) >= 11 is 0. The number of rotatable bonds is 3. The van der Waals surface area contributed by atoms with E-state index in [1.165, 1.54) is 19.3 Å². The maximum atomic E-state index is 10.4. The van der Waals surface area contributed by atoms with Crippen LogP contribution in [0.4, 0.5) is 0 Å². The third kappa shape index (κ3) is 1.64. The molecule has 1 aromatic heterocycles. The second-order valence-electron chi connectivity index (χ2n) is 4.25. The first kappa shape index (κ1) is 8.48. The molecule has 0 radical (unpaired) electrons. The van der Waals surface area contributed by atoms with Crippen LogP contribution >= 0.6 is 0 Å². The molecule has 1 fully saturated rings. The Bertz CT molecular complexity index is 312. The zero-order valence-corrected chi connectivity index (χ0v) is 7.86. The minimum atomic E-state index is 0.423. The lowest BCUT2D eigenvalue weighted by Gasteiger charge is -2.38. The second-order valence-corrected chi connectivity index (χ2v) is 4.25. The van der Waals surface area contributed by atoms with Crippen LogP contribution in [0.3, 0.4) is 0 Å². The van der Waals surface area contributed by atoms with Crippen LogP contribution in [0.1, 0.15) is 36.5 Å². The third-order valence-electron chi connectivity index (χ3n) is 2.89. The van der Waals surface area contributed by atoms with Crippen LogP contribution in [0, 0.1) is 5.41 Å². The van der Waals surface area contributed by atoms with E-state index in [2.05, 4.69) is 12.0 Å². The molecule has 3 nitrogen and oxygen atoms in total. The molecule has 0 aromatic carbocycles. The molecule has 2 rings (SSSR count). The number of nitrogens with zero attached hydrogens (tertiary/aromatic N) is 2. The maximum Gasteiger partial charge on any atom is 0.153 e.